The molecule has 1 aliphatic rings. The molecular formula is C25H33N3O3. The van der Waals surface area contributed by atoms with Crippen molar-refractivity contribution < 1.29 is 14.3 Å². The first-order chi connectivity index (χ1) is 15.0. The van der Waals surface area contributed by atoms with Crippen molar-refractivity contribution in [2.75, 3.05) is 39.4 Å². The fraction of sp³-hybridized carbons (Fsp3) is 0.440. The molecule has 166 valence electrons. The van der Waals surface area contributed by atoms with Crippen LogP contribution in [-0.4, -0.2) is 67.0 Å². The summed E-state index contributed by atoms with van der Waals surface area (Å²) in [7, 11) is 0. The van der Waals surface area contributed by atoms with E-state index in [0.717, 1.165) is 44.0 Å². The molecule has 1 N–H and O–H groups in total. The Morgan fingerprint density at radius 1 is 1.06 bits per heavy atom. The molecule has 2 aromatic carbocycles. The third kappa shape index (κ3) is 6.91. The SMILES string of the molecule is Cc1ccccc1C(=O)NCCC(=O)N(Cc1ccccc1)C(C)CN1CCOCC1. The Bertz CT molecular complexity index is 850. The van der Waals surface area contributed by atoms with E-state index in [4.69, 9.17) is 4.74 Å². The molecule has 1 saturated heterocycles. The third-order valence-corrected chi connectivity index (χ3v) is 5.69. The second kappa shape index (κ2) is 11.6. The highest BCUT2D eigenvalue weighted by Gasteiger charge is 2.23. The van der Waals surface area contributed by atoms with Crippen molar-refractivity contribution >= 4 is 11.8 Å². The van der Waals surface area contributed by atoms with Crippen LogP contribution in [0.5, 0.6) is 0 Å². The maximum atomic E-state index is 13.1. The molecule has 0 spiro atoms. The molecule has 0 aromatic heterocycles. The first-order valence-corrected chi connectivity index (χ1v) is 11.0. The highest BCUT2D eigenvalue weighted by atomic mass is 16.5. The third-order valence-electron chi connectivity index (χ3n) is 5.69. The largest absolute Gasteiger partial charge is 0.379 e. The van der Waals surface area contributed by atoms with Gasteiger partial charge in [0.25, 0.3) is 5.91 Å². The molecule has 31 heavy (non-hydrogen) atoms. The summed E-state index contributed by atoms with van der Waals surface area (Å²) >= 11 is 0. The van der Waals surface area contributed by atoms with Gasteiger partial charge in [-0.1, -0.05) is 48.5 Å². The standard InChI is InChI=1S/C25H33N3O3/c1-20-8-6-7-11-23(20)25(30)26-13-12-24(29)28(19-22-9-4-3-5-10-22)21(2)18-27-14-16-31-17-15-27/h3-11,21H,12-19H2,1-2H3,(H,26,30). The second-order valence-corrected chi connectivity index (χ2v) is 8.09. The lowest BCUT2D eigenvalue weighted by Gasteiger charge is -2.35. The summed E-state index contributed by atoms with van der Waals surface area (Å²) in [5, 5.41) is 2.90. The van der Waals surface area contributed by atoms with Crippen LogP contribution < -0.4 is 5.32 Å². The monoisotopic (exact) mass is 423 g/mol. The zero-order valence-corrected chi connectivity index (χ0v) is 18.5. The molecule has 1 unspecified atom stereocenters. The van der Waals surface area contributed by atoms with Gasteiger partial charge in [0.1, 0.15) is 0 Å². The number of ether oxygens (including phenoxy) is 1. The van der Waals surface area contributed by atoms with Crippen molar-refractivity contribution in [2.24, 2.45) is 0 Å². The number of amides is 2. The van der Waals surface area contributed by atoms with Crippen LogP contribution in [0.2, 0.25) is 0 Å². The molecule has 0 bridgehead atoms. The van der Waals surface area contributed by atoms with Gasteiger partial charge in [-0.05, 0) is 31.0 Å². The zero-order valence-electron chi connectivity index (χ0n) is 18.5. The lowest BCUT2D eigenvalue weighted by Crippen LogP contribution is -2.48. The van der Waals surface area contributed by atoms with E-state index >= 15 is 0 Å². The number of carbonyl (C=O) groups is 2. The van der Waals surface area contributed by atoms with Crippen LogP contribution in [0.3, 0.4) is 0 Å². The van der Waals surface area contributed by atoms with E-state index in [1.807, 2.05) is 60.4 Å². The van der Waals surface area contributed by atoms with Gasteiger partial charge in [0.15, 0.2) is 0 Å². The molecule has 2 aromatic rings. The molecule has 6 nitrogen and oxygen atoms in total. The van der Waals surface area contributed by atoms with Crippen LogP contribution in [0.25, 0.3) is 0 Å². The van der Waals surface area contributed by atoms with Crippen molar-refractivity contribution in [1.29, 1.82) is 0 Å². The number of nitrogens with one attached hydrogen (secondary N) is 1. The summed E-state index contributed by atoms with van der Waals surface area (Å²) in [4.78, 5) is 29.9. The maximum absolute atomic E-state index is 13.1. The Hall–Kier alpha value is -2.70. The molecule has 0 aliphatic carbocycles. The number of morpholine rings is 1. The van der Waals surface area contributed by atoms with Crippen molar-refractivity contribution in [3.63, 3.8) is 0 Å². The average molecular weight is 424 g/mol. The summed E-state index contributed by atoms with van der Waals surface area (Å²) in [6.07, 6.45) is 0.276. The predicted octanol–water partition coefficient (Wildman–Crippen LogP) is 2.86. The van der Waals surface area contributed by atoms with Crippen molar-refractivity contribution in [1.82, 2.24) is 15.1 Å². The van der Waals surface area contributed by atoms with E-state index < -0.39 is 0 Å². The number of aryl methyl sites for hydroxylation is 1. The topological polar surface area (TPSA) is 61.9 Å². The first-order valence-electron chi connectivity index (χ1n) is 11.0. The van der Waals surface area contributed by atoms with Gasteiger partial charge in [-0.15, -0.1) is 0 Å². The van der Waals surface area contributed by atoms with E-state index in [1.54, 1.807) is 6.07 Å². The van der Waals surface area contributed by atoms with Crippen molar-refractivity contribution in [2.45, 2.75) is 32.9 Å². The van der Waals surface area contributed by atoms with Crippen LogP contribution in [-0.2, 0) is 16.1 Å². The molecular weight excluding hydrogens is 390 g/mol. The first kappa shape index (κ1) is 23.0. The lowest BCUT2D eigenvalue weighted by molar-refractivity contribution is -0.134. The minimum atomic E-state index is -0.137. The van der Waals surface area contributed by atoms with Gasteiger partial charge in [-0.25, -0.2) is 0 Å². The quantitative estimate of drug-likeness (QED) is 0.674. The summed E-state index contributed by atoms with van der Waals surface area (Å²) in [6, 6.07) is 17.6. The molecule has 2 amide bonds. The van der Waals surface area contributed by atoms with Gasteiger partial charge in [0.05, 0.1) is 13.2 Å². The van der Waals surface area contributed by atoms with Gasteiger partial charge in [-0.3, -0.25) is 14.5 Å². The number of rotatable bonds is 9. The minimum Gasteiger partial charge on any atom is -0.379 e. The summed E-state index contributed by atoms with van der Waals surface area (Å²) in [5.41, 5.74) is 2.68. The van der Waals surface area contributed by atoms with E-state index in [1.165, 1.54) is 0 Å². The fourth-order valence-corrected chi connectivity index (χ4v) is 3.88. The van der Waals surface area contributed by atoms with Crippen LogP contribution >= 0.6 is 0 Å². The van der Waals surface area contributed by atoms with Crippen molar-refractivity contribution in [3.05, 3.63) is 71.3 Å². The van der Waals surface area contributed by atoms with E-state index in [-0.39, 0.29) is 24.3 Å². The average Bonchev–Trinajstić information content (AvgIpc) is 2.79. The Labute approximate surface area is 185 Å². The van der Waals surface area contributed by atoms with Gasteiger partial charge in [0, 0.05) is 50.7 Å². The maximum Gasteiger partial charge on any atom is 0.251 e. The smallest absolute Gasteiger partial charge is 0.251 e. The Morgan fingerprint density at radius 3 is 2.45 bits per heavy atom. The Morgan fingerprint density at radius 2 is 1.74 bits per heavy atom. The van der Waals surface area contributed by atoms with Crippen LogP contribution in [0.4, 0.5) is 0 Å². The van der Waals surface area contributed by atoms with Gasteiger partial charge < -0.3 is 15.0 Å². The molecule has 1 atom stereocenters. The lowest BCUT2D eigenvalue weighted by atomic mass is 10.1. The summed E-state index contributed by atoms with van der Waals surface area (Å²) < 4.78 is 5.44. The Balaban J connectivity index is 1.59. The zero-order chi connectivity index (χ0) is 22.1. The van der Waals surface area contributed by atoms with Gasteiger partial charge in [0.2, 0.25) is 5.91 Å². The van der Waals surface area contributed by atoms with Gasteiger partial charge in [-0.2, -0.15) is 0 Å². The minimum absolute atomic E-state index is 0.0506. The molecule has 0 saturated carbocycles. The second-order valence-electron chi connectivity index (χ2n) is 8.09. The molecule has 1 aliphatic heterocycles. The molecule has 3 rings (SSSR count). The number of benzene rings is 2. The normalized spacial score (nSPS) is 15.3. The highest BCUT2D eigenvalue weighted by Crippen LogP contribution is 2.13. The molecule has 1 fully saturated rings. The Kier molecular flexibility index (Phi) is 8.62. The van der Waals surface area contributed by atoms with Crippen LogP contribution in [0.15, 0.2) is 54.6 Å². The summed E-state index contributed by atoms with van der Waals surface area (Å²) in [6.45, 7) is 8.98. The number of carbonyl (C=O) groups excluding carboxylic acids is 2. The number of nitrogens with zero attached hydrogens (tertiary/aromatic N) is 2. The predicted molar refractivity (Wildman–Crippen MR) is 122 cm³/mol. The molecule has 0 radical (unpaired) electrons. The number of hydrogen-bond donors (Lipinski definition) is 1. The highest BCUT2D eigenvalue weighted by molar-refractivity contribution is 5.95. The van der Waals surface area contributed by atoms with Crippen molar-refractivity contribution in [3.8, 4) is 0 Å². The fourth-order valence-electron chi connectivity index (χ4n) is 3.88. The summed E-state index contributed by atoms with van der Waals surface area (Å²) in [5.74, 6) is -0.0865. The van der Waals surface area contributed by atoms with Crippen LogP contribution in [0, 0.1) is 6.92 Å². The molecule has 1 heterocycles. The van der Waals surface area contributed by atoms with E-state index in [2.05, 4.69) is 17.1 Å². The van der Waals surface area contributed by atoms with Gasteiger partial charge >= 0.3 is 0 Å². The van der Waals surface area contributed by atoms with Crippen LogP contribution in [0.1, 0.15) is 34.8 Å². The van der Waals surface area contributed by atoms with E-state index in [9.17, 15) is 9.59 Å². The molecule has 6 heteroatoms. The van der Waals surface area contributed by atoms with E-state index in [0.29, 0.717) is 18.7 Å². The number of hydrogen-bond acceptors (Lipinski definition) is 4.